The molecule has 1 N–H and O–H groups in total. The van der Waals surface area contributed by atoms with Gasteiger partial charge in [-0.2, -0.15) is 0 Å². The number of Topliss-reactive ketones (excluding diaryl/α,β-unsaturated/α-hetero) is 1. The highest BCUT2D eigenvalue weighted by Gasteiger charge is 2.02. The van der Waals surface area contributed by atoms with Crippen molar-refractivity contribution in [2.75, 3.05) is 13.7 Å². The van der Waals surface area contributed by atoms with Crippen LogP contribution >= 0.6 is 0 Å². The minimum absolute atomic E-state index is 0.262. The van der Waals surface area contributed by atoms with Crippen LogP contribution in [0.3, 0.4) is 0 Å². The fraction of sp³-hybridized carbons (Fsp3) is 0.857. The van der Waals surface area contributed by atoms with Crippen LogP contribution in [-0.4, -0.2) is 30.6 Å². The smallest absolute Gasteiger partial charge is 0.303 e. The van der Waals surface area contributed by atoms with Crippen molar-refractivity contribution in [3.05, 3.63) is 0 Å². The number of unbranched alkanes of at least 4 members (excludes halogenated alkanes) is 5. The van der Waals surface area contributed by atoms with Gasteiger partial charge in [-0.05, 0) is 25.7 Å². The molecule has 0 fully saturated rings. The molecule has 0 aliphatic heterocycles. The molecule has 0 saturated heterocycles. The number of ether oxygens (including phenoxy) is 1. The van der Waals surface area contributed by atoms with Gasteiger partial charge < -0.3 is 9.84 Å². The molecule has 0 aliphatic rings. The average Bonchev–Trinajstić information content (AvgIpc) is 2.33. The molecule has 0 aromatic heterocycles. The molecule has 0 heterocycles. The third-order valence-corrected chi connectivity index (χ3v) is 2.90. The van der Waals surface area contributed by atoms with Gasteiger partial charge in [0.25, 0.3) is 0 Å². The molecular formula is C14H26O4. The molecule has 0 bridgehead atoms. The van der Waals surface area contributed by atoms with Crippen LogP contribution in [0.4, 0.5) is 0 Å². The van der Waals surface area contributed by atoms with Crippen molar-refractivity contribution in [1.82, 2.24) is 0 Å². The number of aliphatic carboxylic acids is 1. The lowest BCUT2D eigenvalue weighted by Gasteiger charge is -2.02. The SMILES string of the molecule is COCCCCC(=O)CCCCCCCC(=O)O. The number of hydrogen-bond donors (Lipinski definition) is 1. The first-order valence-corrected chi connectivity index (χ1v) is 6.89. The summed E-state index contributed by atoms with van der Waals surface area (Å²) in [5.41, 5.74) is 0. The van der Waals surface area contributed by atoms with E-state index in [1.165, 1.54) is 0 Å². The second-order valence-electron chi connectivity index (χ2n) is 4.65. The molecule has 0 saturated carbocycles. The van der Waals surface area contributed by atoms with Crippen LogP contribution in [0, 0.1) is 0 Å². The third-order valence-electron chi connectivity index (χ3n) is 2.90. The Morgan fingerprint density at radius 3 is 1.89 bits per heavy atom. The largest absolute Gasteiger partial charge is 0.481 e. The highest BCUT2D eigenvalue weighted by molar-refractivity contribution is 5.78. The maximum Gasteiger partial charge on any atom is 0.303 e. The molecule has 18 heavy (non-hydrogen) atoms. The van der Waals surface area contributed by atoms with Gasteiger partial charge in [0.1, 0.15) is 5.78 Å². The van der Waals surface area contributed by atoms with E-state index in [0.717, 1.165) is 51.6 Å². The zero-order valence-corrected chi connectivity index (χ0v) is 11.5. The first-order valence-electron chi connectivity index (χ1n) is 6.89. The first kappa shape index (κ1) is 17.1. The third kappa shape index (κ3) is 13.2. The fourth-order valence-electron chi connectivity index (χ4n) is 1.82. The van der Waals surface area contributed by atoms with E-state index in [9.17, 15) is 9.59 Å². The lowest BCUT2D eigenvalue weighted by atomic mass is 10.0. The van der Waals surface area contributed by atoms with Crippen molar-refractivity contribution < 1.29 is 19.4 Å². The predicted octanol–water partition coefficient (Wildman–Crippen LogP) is 3.19. The standard InChI is InChI=1S/C14H26O4/c1-18-12-8-7-10-13(15)9-5-3-2-4-6-11-14(16)17/h2-12H2,1H3,(H,16,17). The molecule has 0 spiro atoms. The van der Waals surface area contributed by atoms with Gasteiger partial charge >= 0.3 is 5.97 Å². The summed E-state index contributed by atoms with van der Waals surface area (Å²) in [7, 11) is 1.67. The Morgan fingerprint density at radius 2 is 1.33 bits per heavy atom. The van der Waals surface area contributed by atoms with Gasteiger partial charge in [-0.25, -0.2) is 0 Å². The van der Waals surface area contributed by atoms with Crippen LogP contribution in [0.25, 0.3) is 0 Å². The van der Waals surface area contributed by atoms with Crippen molar-refractivity contribution >= 4 is 11.8 Å². The summed E-state index contributed by atoms with van der Waals surface area (Å²) in [6.07, 6.45) is 8.19. The maximum atomic E-state index is 11.5. The van der Waals surface area contributed by atoms with Crippen molar-refractivity contribution in [1.29, 1.82) is 0 Å². The zero-order valence-electron chi connectivity index (χ0n) is 11.5. The number of carbonyl (C=O) groups excluding carboxylic acids is 1. The van der Waals surface area contributed by atoms with E-state index in [-0.39, 0.29) is 6.42 Å². The summed E-state index contributed by atoms with van der Waals surface area (Å²) in [4.78, 5) is 21.7. The predicted molar refractivity (Wildman–Crippen MR) is 70.7 cm³/mol. The molecule has 0 aliphatic carbocycles. The zero-order chi connectivity index (χ0) is 13.6. The van der Waals surface area contributed by atoms with Gasteiger partial charge in [0.15, 0.2) is 0 Å². The van der Waals surface area contributed by atoms with E-state index in [1.807, 2.05) is 0 Å². The van der Waals surface area contributed by atoms with E-state index in [4.69, 9.17) is 9.84 Å². The summed E-state index contributed by atoms with van der Waals surface area (Å²) in [5, 5.41) is 8.46. The monoisotopic (exact) mass is 258 g/mol. The van der Waals surface area contributed by atoms with Crippen LogP contribution in [0.5, 0.6) is 0 Å². The Morgan fingerprint density at radius 1 is 0.833 bits per heavy atom. The first-order chi connectivity index (χ1) is 8.66. The van der Waals surface area contributed by atoms with Gasteiger partial charge in [0, 0.05) is 33.0 Å². The Labute approximate surface area is 110 Å². The van der Waals surface area contributed by atoms with E-state index in [0.29, 0.717) is 18.6 Å². The van der Waals surface area contributed by atoms with Crippen LogP contribution in [0.2, 0.25) is 0 Å². The Bertz CT molecular complexity index is 226. The summed E-state index contributed by atoms with van der Waals surface area (Å²) < 4.78 is 4.92. The van der Waals surface area contributed by atoms with E-state index in [2.05, 4.69) is 0 Å². The molecular weight excluding hydrogens is 232 g/mol. The lowest BCUT2D eigenvalue weighted by molar-refractivity contribution is -0.137. The minimum Gasteiger partial charge on any atom is -0.481 e. The number of carboxylic acids is 1. The molecule has 106 valence electrons. The van der Waals surface area contributed by atoms with E-state index >= 15 is 0 Å². The molecule has 0 unspecified atom stereocenters. The molecule has 0 atom stereocenters. The van der Waals surface area contributed by atoms with Gasteiger partial charge in [0.2, 0.25) is 0 Å². The Kier molecular flexibility index (Phi) is 11.9. The van der Waals surface area contributed by atoms with Crippen LogP contribution in [0.15, 0.2) is 0 Å². The fourth-order valence-corrected chi connectivity index (χ4v) is 1.82. The number of methoxy groups -OCH3 is 1. The summed E-state index contributed by atoms with van der Waals surface area (Å²) in [6.45, 7) is 0.733. The second-order valence-corrected chi connectivity index (χ2v) is 4.65. The van der Waals surface area contributed by atoms with Crippen molar-refractivity contribution in [3.63, 3.8) is 0 Å². The number of hydrogen-bond acceptors (Lipinski definition) is 3. The summed E-state index contributed by atoms with van der Waals surface area (Å²) >= 11 is 0. The number of carbonyl (C=O) groups is 2. The van der Waals surface area contributed by atoms with Crippen molar-refractivity contribution in [3.8, 4) is 0 Å². The number of rotatable bonds is 13. The highest BCUT2D eigenvalue weighted by atomic mass is 16.5. The van der Waals surface area contributed by atoms with Crippen molar-refractivity contribution in [2.45, 2.75) is 64.2 Å². The van der Waals surface area contributed by atoms with Gasteiger partial charge in [-0.3, -0.25) is 9.59 Å². The summed E-state index contributed by atoms with van der Waals surface area (Å²) in [6, 6.07) is 0. The lowest BCUT2D eigenvalue weighted by Crippen LogP contribution is -1.99. The maximum absolute atomic E-state index is 11.5. The Balaban J connectivity index is 3.17. The highest BCUT2D eigenvalue weighted by Crippen LogP contribution is 2.09. The van der Waals surface area contributed by atoms with E-state index in [1.54, 1.807) is 7.11 Å². The minimum atomic E-state index is -0.721. The molecule has 0 rings (SSSR count). The quantitative estimate of drug-likeness (QED) is 0.515. The number of carboxylic acid groups (broad SMARTS) is 1. The van der Waals surface area contributed by atoms with Gasteiger partial charge in [-0.1, -0.05) is 19.3 Å². The second kappa shape index (κ2) is 12.6. The molecule has 4 heteroatoms. The average molecular weight is 258 g/mol. The topological polar surface area (TPSA) is 63.6 Å². The van der Waals surface area contributed by atoms with Crippen LogP contribution in [0.1, 0.15) is 64.2 Å². The number of ketones is 1. The molecule has 0 aromatic rings. The van der Waals surface area contributed by atoms with Crippen LogP contribution < -0.4 is 0 Å². The molecule has 4 nitrogen and oxygen atoms in total. The van der Waals surface area contributed by atoms with Gasteiger partial charge in [0.05, 0.1) is 0 Å². The molecule has 0 aromatic carbocycles. The normalized spacial score (nSPS) is 10.5. The van der Waals surface area contributed by atoms with Crippen molar-refractivity contribution in [2.24, 2.45) is 0 Å². The van der Waals surface area contributed by atoms with Gasteiger partial charge in [-0.15, -0.1) is 0 Å². The molecule has 0 radical (unpaired) electrons. The Hall–Kier alpha value is -0.900. The van der Waals surface area contributed by atoms with E-state index < -0.39 is 5.97 Å². The molecule has 0 amide bonds. The summed E-state index contributed by atoms with van der Waals surface area (Å²) in [5.74, 6) is -0.377. The van der Waals surface area contributed by atoms with Crippen LogP contribution in [-0.2, 0) is 14.3 Å².